The average molecular weight is 264 g/mol. The third kappa shape index (κ3) is 2.93. The fourth-order valence-corrected chi connectivity index (χ4v) is 1.37. The minimum Gasteiger partial charge on any atom is -0.454 e. The Labute approximate surface area is 107 Å². The molecule has 0 fully saturated rings. The van der Waals surface area contributed by atoms with Crippen LogP contribution in [0.2, 0.25) is 0 Å². The third-order valence-corrected chi connectivity index (χ3v) is 2.23. The molecule has 98 valence electrons. The zero-order valence-corrected chi connectivity index (χ0v) is 9.54. The molecule has 0 radical (unpaired) electrons. The van der Waals surface area contributed by atoms with E-state index < -0.39 is 10.7 Å². The number of ether oxygens (including phenoxy) is 1. The number of benzene rings is 1. The molecule has 19 heavy (non-hydrogen) atoms. The van der Waals surface area contributed by atoms with Crippen LogP contribution in [0.1, 0.15) is 0 Å². The van der Waals surface area contributed by atoms with E-state index in [4.69, 9.17) is 10.6 Å². The highest BCUT2D eigenvalue weighted by molar-refractivity contribution is 5.43. The van der Waals surface area contributed by atoms with Crippen molar-refractivity contribution in [3.8, 4) is 11.5 Å². The predicted molar refractivity (Wildman–Crippen MR) is 65.2 cm³/mol. The van der Waals surface area contributed by atoms with Crippen molar-refractivity contribution in [2.75, 3.05) is 5.43 Å². The Hall–Kier alpha value is -2.74. The second-order valence-electron chi connectivity index (χ2n) is 3.50. The van der Waals surface area contributed by atoms with Gasteiger partial charge in [0, 0.05) is 18.3 Å². The SMILES string of the molecule is NNc1cc(Oc2ccc([N+](=O)[O-])cc2F)ccn1. The summed E-state index contributed by atoms with van der Waals surface area (Å²) in [6, 6.07) is 6.09. The molecular weight excluding hydrogens is 255 g/mol. The number of hydrogen-bond donors (Lipinski definition) is 2. The Morgan fingerprint density at radius 3 is 2.79 bits per heavy atom. The van der Waals surface area contributed by atoms with Crippen LogP contribution in [0.25, 0.3) is 0 Å². The summed E-state index contributed by atoms with van der Waals surface area (Å²) in [6.45, 7) is 0. The fourth-order valence-electron chi connectivity index (χ4n) is 1.37. The highest BCUT2D eigenvalue weighted by Crippen LogP contribution is 2.27. The number of nitrogens with two attached hydrogens (primary N) is 1. The van der Waals surface area contributed by atoms with Crippen molar-refractivity contribution in [3.05, 3.63) is 52.5 Å². The molecule has 1 aromatic carbocycles. The van der Waals surface area contributed by atoms with Gasteiger partial charge in [-0.05, 0) is 12.1 Å². The monoisotopic (exact) mass is 264 g/mol. The van der Waals surface area contributed by atoms with E-state index in [-0.39, 0.29) is 11.4 Å². The van der Waals surface area contributed by atoms with Gasteiger partial charge in [-0.1, -0.05) is 0 Å². The number of pyridine rings is 1. The second kappa shape index (κ2) is 5.27. The Bertz CT molecular complexity index is 621. The van der Waals surface area contributed by atoms with Crippen molar-refractivity contribution >= 4 is 11.5 Å². The summed E-state index contributed by atoms with van der Waals surface area (Å²) in [6.07, 6.45) is 1.42. The van der Waals surface area contributed by atoms with E-state index in [1.54, 1.807) is 0 Å². The number of nitrogen functional groups attached to an aromatic ring is 1. The minimum atomic E-state index is -0.826. The molecule has 0 spiro atoms. The summed E-state index contributed by atoms with van der Waals surface area (Å²) in [5.74, 6) is 4.88. The molecule has 3 N–H and O–H groups in total. The maximum Gasteiger partial charge on any atom is 0.272 e. The molecule has 0 aliphatic carbocycles. The van der Waals surface area contributed by atoms with Crippen LogP contribution >= 0.6 is 0 Å². The smallest absolute Gasteiger partial charge is 0.272 e. The van der Waals surface area contributed by atoms with Crippen LogP contribution in [-0.4, -0.2) is 9.91 Å². The Balaban J connectivity index is 2.25. The summed E-state index contributed by atoms with van der Waals surface area (Å²) in [5.41, 5.74) is 1.97. The van der Waals surface area contributed by atoms with Crippen molar-refractivity contribution in [1.29, 1.82) is 0 Å². The van der Waals surface area contributed by atoms with E-state index in [1.165, 1.54) is 24.4 Å². The molecule has 0 saturated carbocycles. The molecule has 1 heterocycles. The number of nitro groups is 1. The van der Waals surface area contributed by atoms with Crippen molar-refractivity contribution in [2.24, 2.45) is 5.84 Å². The Morgan fingerprint density at radius 2 is 2.16 bits per heavy atom. The van der Waals surface area contributed by atoms with Gasteiger partial charge in [-0.3, -0.25) is 10.1 Å². The van der Waals surface area contributed by atoms with E-state index in [0.29, 0.717) is 11.6 Å². The number of hydrogen-bond acceptors (Lipinski definition) is 6. The van der Waals surface area contributed by atoms with Crippen LogP contribution in [0.5, 0.6) is 11.5 Å². The number of nitrogens with zero attached hydrogens (tertiary/aromatic N) is 2. The number of anilines is 1. The van der Waals surface area contributed by atoms with Gasteiger partial charge >= 0.3 is 0 Å². The molecule has 0 bridgehead atoms. The molecule has 1 aromatic heterocycles. The number of nitrogens with one attached hydrogen (secondary N) is 1. The van der Waals surface area contributed by atoms with Gasteiger partial charge in [0.05, 0.1) is 11.0 Å². The number of aromatic nitrogens is 1. The molecule has 0 saturated heterocycles. The lowest BCUT2D eigenvalue weighted by Gasteiger charge is -2.07. The number of rotatable bonds is 4. The summed E-state index contributed by atoms with van der Waals surface area (Å²) >= 11 is 0. The number of nitro benzene ring substituents is 1. The quantitative estimate of drug-likeness (QED) is 0.498. The maximum atomic E-state index is 13.6. The molecule has 0 amide bonds. The fraction of sp³-hybridized carbons (Fsp3) is 0. The van der Waals surface area contributed by atoms with Crippen molar-refractivity contribution in [3.63, 3.8) is 0 Å². The zero-order valence-electron chi connectivity index (χ0n) is 9.54. The predicted octanol–water partition coefficient (Wildman–Crippen LogP) is 2.21. The summed E-state index contributed by atoms with van der Waals surface area (Å²) in [4.78, 5) is 13.6. The Kier molecular flexibility index (Phi) is 3.53. The lowest BCUT2D eigenvalue weighted by molar-refractivity contribution is -0.385. The molecule has 8 heteroatoms. The summed E-state index contributed by atoms with van der Waals surface area (Å²) in [5, 5.41) is 10.5. The van der Waals surface area contributed by atoms with Crippen LogP contribution in [0, 0.1) is 15.9 Å². The van der Waals surface area contributed by atoms with Crippen LogP contribution in [-0.2, 0) is 0 Å². The molecule has 2 rings (SSSR count). The minimum absolute atomic E-state index is 0.125. The van der Waals surface area contributed by atoms with Gasteiger partial charge in [0.25, 0.3) is 5.69 Å². The third-order valence-electron chi connectivity index (χ3n) is 2.23. The Morgan fingerprint density at radius 1 is 1.37 bits per heavy atom. The normalized spacial score (nSPS) is 10.0. The van der Waals surface area contributed by atoms with E-state index in [9.17, 15) is 14.5 Å². The van der Waals surface area contributed by atoms with Crippen molar-refractivity contribution < 1.29 is 14.1 Å². The summed E-state index contributed by atoms with van der Waals surface area (Å²) < 4.78 is 18.8. The molecule has 0 atom stereocenters. The van der Waals surface area contributed by atoms with Gasteiger partial charge in [-0.25, -0.2) is 15.2 Å². The van der Waals surface area contributed by atoms with Gasteiger partial charge in [-0.2, -0.15) is 0 Å². The van der Waals surface area contributed by atoms with E-state index in [2.05, 4.69) is 10.4 Å². The highest BCUT2D eigenvalue weighted by Gasteiger charge is 2.12. The maximum absolute atomic E-state index is 13.6. The standard InChI is InChI=1S/C11H9FN4O3/c12-9-5-7(16(17)18)1-2-10(9)19-8-3-4-14-11(6-8)15-13/h1-6H,13H2,(H,14,15). The largest absolute Gasteiger partial charge is 0.454 e. The zero-order chi connectivity index (χ0) is 13.8. The first kappa shape index (κ1) is 12.7. The molecule has 0 unspecified atom stereocenters. The first-order valence-corrected chi connectivity index (χ1v) is 5.14. The second-order valence-corrected chi connectivity index (χ2v) is 3.50. The van der Waals surface area contributed by atoms with Crippen LogP contribution < -0.4 is 16.0 Å². The van der Waals surface area contributed by atoms with Gasteiger partial charge < -0.3 is 10.2 Å². The summed E-state index contributed by atoms with van der Waals surface area (Å²) in [7, 11) is 0. The molecule has 0 aliphatic rings. The van der Waals surface area contributed by atoms with Crippen LogP contribution in [0.3, 0.4) is 0 Å². The average Bonchev–Trinajstić information content (AvgIpc) is 2.41. The van der Waals surface area contributed by atoms with Crippen LogP contribution in [0.15, 0.2) is 36.5 Å². The van der Waals surface area contributed by atoms with Crippen molar-refractivity contribution in [2.45, 2.75) is 0 Å². The van der Waals surface area contributed by atoms with E-state index in [1.807, 2.05) is 0 Å². The molecule has 7 nitrogen and oxygen atoms in total. The number of halogens is 1. The number of non-ortho nitro benzene ring substituents is 1. The number of hydrazine groups is 1. The van der Waals surface area contributed by atoms with Gasteiger partial charge in [0.2, 0.25) is 0 Å². The first-order valence-electron chi connectivity index (χ1n) is 5.14. The topological polar surface area (TPSA) is 103 Å². The van der Waals surface area contributed by atoms with Gasteiger partial charge in [0.15, 0.2) is 11.6 Å². The van der Waals surface area contributed by atoms with Gasteiger partial charge in [0.1, 0.15) is 11.6 Å². The lowest BCUT2D eigenvalue weighted by atomic mass is 10.3. The lowest BCUT2D eigenvalue weighted by Crippen LogP contribution is -2.08. The molecular formula is C11H9FN4O3. The molecule has 0 aliphatic heterocycles. The van der Waals surface area contributed by atoms with E-state index in [0.717, 1.165) is 12.1 Å². The van der Waals surface area contributed by atoms with Gasteiger partial charge in [-0.15, -0.1) is 0 Å². The highest BCUT2D eigenvalue weighted by atomic mass is 19.1. The van der Waals surface area contributed by atoms with Crippen LogP contribution in [0.4, 0.5) is 15.9 Å². The van der Waals surface area contributed by atoms with Crippen molar-refractivity contribution in [1.82, 2.24) is 4.98 Å². The first-order chi connectivity index (χ1) is 9.10. The van der Waals surface area contributed by atoms with E-state index >= 15 is 0 Å². The molecule has 2 aromatic rings.